The smallest absolute Gasteiger partial charge is 0.407 e. The van der Waals surface area contributed by atoms with Crippen molar-refractivity contribution in [1.29, 1.82) is 0 Å². The van der Waals surface area contributed by atoms with Crippen molar-refractivity contribution >= 4 is 12.1 Å². The molecule has 23 heavy (non-hydrogen) atoms. The first-order valence-electron chi connectivity index (χ1n) is 8.43. The van der Waals surface area contributed by atoms with E-state index in [1.165, 1.54) is 7.11 Å². The zero-order valence-corrected chi connectivity index (χ0v) is 14.6. The molecule has 132 valence electrons. The predicted molar refractivity (Wildman–Crippen MR) is 85.2 cm³/mol. The van der Waals surface area contributed by atoms with Crippen molar-refractivity contribution in [2.45, 2.75) is 77.0 Å². The number of hydrogen-bond acceptors (Lipinski definition) is 4. The van der Waals surface area contributed by atoms with Gasteiger partial charge < -0.3 is 19.9 Å². The highest BCUT2D eigenvalue weighted by Gasteiger charge is 2.58. The number of aliphatic carboxylic acids is 1. The molecule has 0 bridgehead atoms. The fourth-order valence-corrected chi connectivity index (χ4v) is 3.90. The van der Waals surface area contributed by atoms with Gasteiger partial charge in [0.2, 0.25) is 0 Å². The summed E-state index contributed by atoms with van der Waals surface area (Å²) in [6, 6.07) is 0.114. The van der Waals surface area contributed by atoms with Crippen LogP contribution in [0.3, 0.4) is 0 Å². The number of hydrogen-bond donors (Lipinski definition) is 2. The molecule has 0 aliphatic heterocycles. The van der Waals surface area contributed by atoms with Gasteiger partial charge in [-0.05, 0) is 65.2 Å². The second-order valence-electron chi connectivity index (χ2n) is 7.88. The van der Waals surface area contributed by atoms with Crippen LogP contribution in [-0.4, -0.2) is 42.0 Å². The summed E-state index contributed by atoms with van der Waals surface area (Å²) < 4.78 is 10.5. The fraction of sp³-hybridized carbons (Fsp3) is 0.882. The molecule has 0 aromatic heterocycles. The Hall–Kier alpha value is -1.30. The number of carbonyl (C=O) groups excluding carboxylic acids is 1. The van der Waals surface area contributed by atoms with E-state index in [-0.39, 0.29) is 17.6 Å². The molecule has 2 N–H and O–H groups in total. The van der Waals surface area contributed by atoms with Crippen molar-refractivity contribution in [3.63, 3.8) is 0 Å². The van der Waals surface area contributed by atoms with Gasteiger partial charge in [-0.3, -0.25) is 0 Å². The van der Waals surface area contributed by atoms with Crippen molar-refractivity contribution in [2.24, 2.45) is 11.3 Å². The number of nitrogens with one attached hydrogen (secondary N) is 1. The lowest BCUT2D eigenvalue weighted by atomic mass is 9.73. The quantitative estimate of drug-likeness (QED) is 0.811. The lowest BCUT2D eigenvalue weighted by Gasteiger charge is -2.36. The molecule has 0 heterocycles. The molecule has 2 aliphatic carbocycles. The van der Waals surface area contributed by atoms with Crippen LogP contribution in [0.15, 0.2) is 0 Å². The van der Waals surface area contributed by atoms with Crippen LogP contribution in [0, 0.1) is 11.3 Å². The average molecular weight is 327 g/mol. The zero-order valence-electron chi connectivity index (χ0n) is 14.6. The monoisotopic (exact) mass is 327 g/mol. The molecule has 0 aromatic rings. The van der Waals surface area contributed by atoms with E-state index < -0.39 is 17.7 Å². The van der Waals surface area contributed by atoms with Gasteiger partial charge in [-0.15, -0.1) is 0 Å². The van der Waals surface area contributed by atoms with Crippen LogP contribution < -0.4 is 5.32 Å². The summed E-state index contributed by atoms with van der Waals surface area (Å²) in [5.74, 6) is -0.501. The largest absolute Gasteiger partial charge is 0.479 e. The van der Waals surface area contributed by atoms with Crippen LogP contribution in [0.5, 0.6) is 0 Å². The highest BCUT2D eigenvalue weighted by atomic mass is 16.6. The molecular formula is C17H29NO5. The number of carboxylic acids is 1. The molecule has 6 heteroatoms. The Morgan fingerprint density at radius 1 is 1.17 bits per heavy atom. The van der Waals surface area contributed by atoms with E-state index >= 15 is 0 Å². The third-order valence-corrected chi connectivity index (χ3v) is 5.07. The first-order chi connectivity index (χ1) is 10.7. The highest BCUT2D eigenvalue weighted by Crippen LogP contribution is 2.59. The molecule has 1 unspecified atom stereocenters. The Kier molecular flexibility index (Phi) is 5.23. The van der Waals surface area contributed by atoms with E-state index in [2.05, 4.69) is 5.32 Å². The minimum absolute atomic E-state index is 0.114. The van der Waals surface area contributed by atoms with Gasteiger partial charge in [0.05, 0.1) is 0 Å². The van der Waals surface area contributed by atoms with Crippen LogP contribution in [0.25, 0.3) is 0 Å². The van der Waals surface area contributed by atoms with E-state index in [4.69, 9.17) is 9.47 Å². The van der Waals surface area contributed by atoms with Crippen LogP contribution in [0.2, 0.25) is 0 Å². The molecule has 0 aromatic carbocycles. The second-order valence-corrected chi connectivity index (χ2v) is 7.88. The molecule has 2 aliphatic rings. The Bertz CT molecular complexity index is 444. The van der Waals surface area contributed by atoms with Crippen molar-refractivity contribution in [1.82, 2.24) is 5.32 Å². The number of methoxy groups -OCH3 is 1. The molecule has 1 atom stereocenters. The Morgan fingerprint density at radius 2 is 1.74 bits per heavy atom. The van der Waals surface area contributed by atoms with Crippen LogP contribution in [0.4, 0.5) is 4.79 Å². The molecule has 2 saturated carbocycles. The number of alkyl carbamates (subject to hydrolysis) is 1. The maximum absolute atomic E-state index is 11.8. The number of carboxylic acid groups (broad SMARTS) is 1. The van der Waals surface area contributed by atoms with Crippen molar-refractivity contribution in [3.05, 3.63) is 0 Å². The van der Waals surface area contributed by atoms with Crippen molar-refractivity contribution in [3.8, 4) is 0 Å². The van der Waals surface area contributed by atoms with Gasteiger partial charge in [0.1, 0.15) is 5.60 Å². The average Bonchev–Trinajstić information content (AvgIpc) is 3.19. The summed E-state index contributed by atoms with van der Waals surface area (Å²) in [5.41, 5.74) is -0.690. The Balaban J connectivity index is 1.85. The summed E-state index contributed by atoms with van der Waals surface area (Å²) in [6.45, 7) is 5.53. The Labute approximate surface area is 137 Å². The molecule has 2 rings (SSSR count). The summed E-state index contributed by atoms with van der Waals surface area (Å²) in [5, 5.41) is 12.3. The number of amides is 1. The molecule has 1 amide bonds. The fourth-order valence-electron chi connectivity index (χ4n) is 3.90. The van der Waals surface area contributed by atoms with Gasteiger partial charge in [-0.2, -0.15) is 0 Å². The van der Waals surface area contributed by atoms with Crippen molar-refractivity contribution < 1.29 is 24.2 Å². The van der Waals surface area contributed by atoms with E-state index in [0.717, 1.165) is 38.5 Å². The van der Waals surface area contributed by atoms with Crippen LogP contribution in [-0.2, 0) is 14.3 Å². The zero-order chi connectivity index (χ0) is 17.3. The van der Waals surface area contributed by atoms with Gasteiger partial charge >= 0.3 is 12.1 Å². The number of rotatable bonds is 5. The van der Waals surface area contributed by atoms with E-state index in [1.54, 1.807) is 0 Å². The topological polar surface area (TPSA) is 84.9 Å². The highest BCUT2D eigenvalue weighted by molar-refractivity contribution is 5.74. The molecule has 0 radical (unpaired) electrons. The summed E-state index contributed by atoms with van der Waals surface area (Å²) in [6.07, 6.45) is 4.34. The maximum atomic E-state index is 11.8. The van der Waals surface area contributed by atoms with Gasteiger partial charge in [0, 0.05) is 18.6 Å². The van der Waals surface area contributed by atoms with E-state index in [9.17, 15) is 14.7 Å². The standard InChI is InChI=1S/C17H29NO5/c1-16(2,3)23-15(21)18-12-7-5-11(6-8-12)17(9-10-17)13(22-4)14(19)20/h11-13H,5-10H2,1-4H3,(H,18,21)(H,19,20). The third kappa shape index (κ3) is 4.37. The number of carbonyl (C=O) groups is 2. The normalized spacial score (nSPS) is 27.8. The van der Waals surface area contributed by atoms with Crippen molar-refractivity contribution in [2.75, 3.05) is 7.11 Å². The van der Waals surface area contributed by atoms with Crippen LogP contribution in [0.1, 0.15) is 59.3 Å². The molecule has 2 fully saturated rings. The summed E-state index contributed by atoms with van der Waals surface area (Å²) >= 11 is 0. The van der Waals surface area contributed by atoms with E-state index in [1.807, 2.05) is 20.8 Å². The molecule has 6 nitrogen and oxygen atoms in total. The SMILES string of the molecule is COC(C(=O)O)C1(C2CCC(NC(=O)OC(C)(C)C)CC2)CC1. The molecular weight excluding hydrogens is 298 g/mol. The lowest BCUT2D eigenvalue weighted by Crippen LogP contribution is -2.44. The van der Waals surface area contributed by atoms with Gasteiger partial charge in [0.25, 0.3) is 0 Å². The van der Waals surface area contributed by atoms with Gasteiger partial charge in [-0.25, -0.2) is 9.59 Å². The minimum Gasteiger partial charge on any atom is -0.479 e. The summed E-state index contributed by atoms with van der Waals surface area (Å²) in [7, 11) is 1.48. The van der Waals surface area contributed by atoms with Gasteiger partial charge in [0.15, 0.2) is 6.10 Å². The maximum Gasteiger partial charge on any atom is 0.407 e. The molecule has 0 spiro atoms. The summed E-state index contributed by atoms with van der Waals surface area (Å²) in [4.78, 5) is 23.2. The predicted octanol–water partition coefficient (Wildman–Crippen LogP) is 2.95. The molecule has 0 saturated heterocycles. The number of ether oxygens (including phenoxy) is 2. The Morgan fingerprint density at radius 3 is 2.13 bits per heavy atom. The second kappa shape index (κ2) is 6.67. The first-order valence-corrected chi connectivity index (χ1v) is 8.43. The first kappa shape index (κ1) is 18.0. The van der Waals surface area contributed by atoms with Crippen LogP contribution >= 0.6 is 0 Å². The third-order valence-electron chi connectivity index (χ3n) is 5.07. The van der Waals surface area contributed by atoms with E-state index in [0.29, 0.717) is 5.92 Å². The van der Waals surface area contributed by atoms with Gasteiger partial charge in [-0.1, -0.05) is 0 Å². The minimum atomic E-state index is -0.862. The lowest BCUT2D eigenvalue weighted by molar-refractivity contribution is -0.155.